The predicted molar refractivity (Wildman–Crippen MR) is 87.8 cm³/mol. The second-order valence-corrected chi connectivity index (χ2v) is 6.03. The van der Waals surface area contributed by atoms with Crippen LogP contribution >= 0.6 is 0 Å². The van der Waals surface area contributed by atoms with Crippen molar-refractivity contribution in [3.8, 4) is 5.75 Å². The van der Waals surface area contributed by atoms with Crippen LogP contribution in [0.25, 0.3) is 0 Å². The second-order valence-electron chi connectivity index (χ2n) is 6.03. The number of fused-ring (bicyclic) bond motifs is 1. The lowest BCUT2D eigenvalue weighted by atomic mass is 10.0. The van der Waals surface area contributed by atoms with E-state index < -0.39 is 18.0 Å². The van der Waals surface area contributed by atoms with Gasteiger partial charge in [0, 0.05) is 0 Å². The molecule has 130 valence electrons. The quantitative estimate of drug-likeness (QED) is 0.813. The molecule has 0 bridgehead atoms. The predicted octanol–water partition coefficient (Wildman–Crippen LogP) is 1.03. The number of hydrogen-bond acceptors (Lipinski definition) is 5. The van der Waals surface area contributed by atoms with Crippen molar-refractivity contribution >= 4 is 23.5 Å². The second kappa shape index (κ2) is 7.33. The molecule has 0 aromatic heterocycles. The van der Waals surface area contributed by atoms with E-state index in [1.165, 1.54) is 12.0 Å². The number of ether oxygens (including phenoxy) is 2. The number of benzene rings is 1. The van der Waals surface area contributed by atoms with Gasteiger partial charge in [0.15, 0.2) is 6.10 Å². The van der Waals surface area contributed by atoms with Crippen LogP contribution in [-0.2, 0) is 19.1 Å². The molecule has 1 aliphatic heterocycles. The number of rotatable bonds is 5. The zero-order valence-electron chi connectivity index (χ0n) is 14.3. The Kier molecular flexibility index (Phi) is 5.43. The van der Waals surface area contributed by atoms with Crippen molar-refractivity contribution in [1.29, 1.82) is 0 Å². The van der Waals surface area contributed by atoms with Crippen molar-refractivity contribution in [1.82, 2.24) is 5.32 Å². The summed E-state index contributed by atoms with van der Waals surface area (Å²) in [4.78, 5) is 37.3. The topological polar surface area (TPSA) is 84.9 Å². The Morgan fingerprint density at radius 1 is 1.38 bits per heavy atom. The van der Waals surface area contributed by atoms with Crippen molar-refractivity contribution in [3.05, 3.63) is 23.8 Å². The lowest BCUT2D eigenvalue weighted by Crippen LogP contribution is -2.51. The highest BCUT2D eigenvalue weighted by molar-refractivity contribution is 6.04. The van der Waals surface area contributed by atoms with Crippen molar-refractivity contribution in [2.75, 3.05) is 25.1 Å². The van der Waals surface area contributed by atoms with E-state index >= 15 is 0 Å². The number of amides is 2. The van der Waals surface area contributed by atoms with Crippen LogP contribution in [-0.4, -0.2) is 44.1 Å². The molecule has 0 fully saturated rings. The number of methoxy groups -OCH3 is 1. The van der Waals surface area contributed by atoms with E-state index in [0.29, 0.717) is 11.4 Å². The maximum atomic E-state index is 12.7. The van der Waals surface area contributed by atoms with Crippen LogP contribution < -0.4 is 15.0 Å². The van der Waals surface area contributed by atoms with E-state index in [4.69, 9.17) is 4.74 Å². The largest absolute Gasteiger partial charge is 0.478 e. The Bertz CT molecular complexity index is 656. The third kappa shape index (κ3) is 3.84. The van der Waals surface area contributed by atoms with Crippen LogP contribution in [0.1, 0.15) is 19.4 Å². The van der Waals surface area contributed by atoms with E-state index in [-0.39, 0.29) is 24.9 Å². The van der Waals surface area contributed by atoms with Crippen LogP contribution in [0.4, 0.5) is 5.69 Å². The fourth-order valence-electron chi connectivity index (χ4n) is 2.42. The molecule has 1 aliphatic rings. The first-order valence-corrected chi connectivity index (χ1v) is 7.75. The van der Waals surface area contributed by atoms with Crippen LogP contribution in [0.2, 0.25) is 0 Å². The van der Waals surface area contributed by atoms with Crippen LogP contribution in [0.3, 0.4) is 0 Å². The summed E-state index contributed by atoms with van der Waals surface area (Å²) in [7, 11) is 1.24. The molecule has 1 aromatic rings. The zero-order valence-corrected chi connectivity index (χ0v) is 14.3. The molecule has 0 spiro atoms. The van der Waals surface area contributed by atoms with E-state index in [1.54, 1.807) is 12.1 Å². The highest BCUT2D eigenvalue weighted by Gasteiger charge is 2.37. The van der Waals surface area contributed by atoms with Crippen molar-refractivity contribution in [3.63, 3.8) is 0 Å². The van der Waals surface area contributed by atoms with Gasteiger partial charge in [-0.1, -0.05) is 19.9 Å². The Labute approximate surface area is 140 Å². The number of hydrogen-bond donors (Lipinski definition) is 1. The van der Waals surface area contributed by atoms with E-state index in [9.17, 15) is 14.4 Å². The van der Waals surface area contributed by atoms with Crippen molar-refractivity contribution in [2.45, 2.75) is 26.9 Å². The molecular formula is C17H22N2O5. The van der Waals surface area contributed by atoms with E-state index in [0.717, 1.165) is 5.56 Å². The fourth-order valence-corrected chi connectivity index (χ4v) is 2.42. The molecule has 2 amide bonds. The number of carbonyl (C=O) groups excluding carboxylic acids is 3. The molecule has 1 N–H and O–H groups in total. The lowest BCUT2D eigenvalue weighted by Gasteiger charge is -2.35. The van der Waals surface area contributed by atoms with Gasteiger partial charge in [-0.05, 0) is 30.5 Å². The Balaban J connectivity index is 2.22. The first-order valence-electron chi connectivity index (χ1n) is 7.75. The summed E-state index contributed by atoms with van der Waals surface area (Å²) in [5.74, 6) is -0.720. The molecule has 0 saturated heterocycles. The fraction of sp³-hybridized carbons (Fsp3) is 0.471. The summed E-state index contributed by atoms with van der Waals surface area (Å²) in [5, 5.41) is 2.44. The number of nitrogens with zero attached hydrogens (tertiary/aromatic N) is 1. The zero-order chi connectivity index (χ0) is 17.9. The summed E-state index contributed by atoms with van der Waals surface area (Å²) >= 11 is 0. The molecule has 1 heterocycles. The van der Waals surface area contributed by atoms with Crippen molar-refractivity contribution in [2.24, 2.45) is 5.92 Å². The van der Waals surface area contributed by atoms with E-state index in [2.05, 4.69) is 10.1 Å². The highest BCUT2D eigenvalue weighted by Crippen LogP contribution is 2.36. The summed E-state index contributed by atoms with van der Waals surface area (Å²) < 4.78 is 10.3. The highest BCUT2D eigenvalue weighted by atomic mass is 16.5. The summed E-state index contributed by atoms with van der Waals surface area (Å²) in [6, 6.07) is 5.49. The number of carbonyl (C=O) groups is 3. The average Bonchev–Trinajstić information content (AvgIpc) is 2.54. The molecule has 0 radical (unpaired) electrons. The van der Waals surface area contributed by atoms with Crippen LogP contribution in [0.15, 0.2) is 18.2 Å². The number of aryl methyl sites for hydroxylation is 1. The minimum absolute atomic E-state index is 0.0346. The smallest absolute Gasteiger partial charge is 0.325 e. The maximum Gasteiger partial charge on any atom is 0.325 e. The van der Waals surface area contributed by atoms with Crippen LogP contribution in [0.5, 0.6) is 5.75 Å². The molecule has 24 heavy (non-hydrogen) atoms. The van der Waals surface area contributed by atoms with Gasteiger partial charge >= 0.3 is 5.97 Å². The summed E-state index contributed by atoms with van der Waals surface area (Å²) in [6.07, 6.45) is -0.645. The van der Waals surface area contributed by atoms with Gasteiger partial charge in [0.1, 0.15) is 18.8 Å². The Morgan fingerprint density at radius 2 is 2.08 bits per heavy atom. The molecule has 7 heteroatoms. The standard InChI is InChI=1S/C17H22N2O5/c1-10(2)16-17(22)19(9-14(20)18-8-15(21)23-4)12-7-11(3)5-6-13(12)24-16/h5-7,10,16H,8-9H2,1-4H3,(H,18,20)/t16-/m0/s1. The molecular weight excluding hydrogens is 312 g/mol. The molecule has 0 aliphatic carbocycles. The Morgan fingerprint density at radius 3 is 2.71 bits per heavy atom. The lowest BCUT2D eigenvalue weighted by molar-refractivity contribution is -0.141. The van der Waals surface area contributed by atoms with Crippen LogP contribution in [0, 0.1) is 12.8 Å². The number of esters is 1. The number of nitrogens with one attached hydrogen (secondary N) is 1. The third-order valence-corrected chi connectivity index (χ3v) is 3.73. The van der Waals surface area contributed by atoms with Gasteiger partial charge in [-0.3, -0.25) is 19.3 Å². The molecule has 2 rings (SSSR count). The van der Waals surface area contributed by atoms with Gasteiger partial charge in [-0.15, -0.1) is 0 Å². The molecule has 0 unspecified atom stereocenters. The minimum Gasteiger partial charge on any atom is -0.478 e. The first kappa shape index (κ1) is 17.8. The molecule has 7 nitrogen and oxygen atoms in total. The monoisotopic (exact) mass is 334 g/mol. The number of anilines is 1. The van der Waals surface area contributed by atoms with Crippen molar-refractivity contribution < 1.29 is 23.9 Å². The maximum absolute atomic E-state index is 12.7. The van der Waals surface area contributed by atoms with Gasteiger partial charge in [-0.25, -0.2) is 0 Å². The third-order valence-electron chi connectivity index (χ3n) is 3.73. The Hall–Kier alpha value is -2.57. The van der Waals surface area contributed by atoms with Gasteiger partial charge in [0.2, 0.25) is 5.91 Å². The summed E-state index contributed by atoms with van der Waals surface area (Å²) in [5.41, 5.74) is 1.51. The van der Waals surface area contributed by atoms with Gasteiger partial charge in [0.05, 0.1) is 12.8 Å². The van der Waals surface area contributed by atoms with Gasteiger partial charge in [0.25, 0.3) is 5.91 Å². The minimum atomic E-state index is -0.645. The van der Waals surface area contributed by atoms with E-state index in [1.807, 2.05) is 26.8 Å². The van der Waals surface area contributed by atoms with Gasteiger partial charge in [-0.2, -0.15) is 0 Å². The summed E-state index contributed by atoms with van der Waals surface area (Å²) in [6.45, 7) is 5.25. The first-order chi connectivity index (χ1) is 11.3. The van der Waals surface area contributed by atoms with Gasteiger partial charge < -0.3 is 14.8 Å². The molecule has 1 atom stereocenters. The molecule has 1 aromatic carbocycles. The SMILES string of the molecule is COC(=O)CNC(=O)CN1C(=O)[C@H](C(C)C)Oc2ccc(C)cc21. The average molecular weight is 334 g/mol. The normalized spacial score (nSPS) is 16.5. The molecule has 0 saturated carbocycles.